The molecule has 20 heavy (non-hydrogen) atoms. The molecular weight excluding hydrogens is 256 g/mol. The summed E-state index contributed by atoms with van der Waals surface area (Å²) in [5.74, 6) is -1.86. The van der Waals surface area contributed by atoms with Crippen LogP contribution in [0.2, 0.25) is 0 Å². The van der Waals surface area contributed by atoms with E-state index >= 15 is 0 Å². The minimum Gasteiger partial charge on any atom is -0.400 e. The van der Waals surface area contributed by atoms with Crippen LogP contribution in [0.3, 0.4) is 0 Å². The lowest BCUT2D eigenvalue weighted by atomic mass is 9.92. The lowest BCUT2D eigenvalue weighted by Crippen LogP contribution is -2.30. The summed E-state index contributed by atoms with van der Waals surface area (Å²) in [6.45, 7) is 0. The molecule has 1 aromatic rings. The minimum absolute atomic E-state index is 0.0853. The van der Waals surface area contributed by atoms with E-state index in [2.05, 4.69) is 0 Å². The number of benzene rings is 1. The molecule has 5 N–H and O–H groups in total. The van der Waals surface area contributed by atoms with Crippen molar-refractivity contribution in [3.63, 3.8) is 0 Å². The van der Waals surface area contributed by atoms with Crippen LogP contribution in [-0.2, 0) is 4.79 Å². The van der Waals surface area contributed by atoms with E-state index in [-0.39, 0.29) is 17.7 Å². The summed E-state index contributed by atoms with van der Waals surface area (Å²) >= 11 is 0. The van der Waals surface area contributed by atoms with Crippen LogP contribution in [-0.4, -0.2) is 11.0 Å². The second kappa shape index (κ2) is 6.93. The van der Waals surface area contributed by atoms with Gasteiger partial charge in [0.15, 0.2) is 0 Å². The lowest BCUT2D eigenvalue weighted by Gasteiger charge is -2.18. The van der Waals surface area contributed by atoms with E-state index in [9.17, 15) is 9.90 Å². The number of aliphatic hydroxyl groups is 1. The fourth-order valence-electron chi connectivity index (χ4n) is 1.76. The first-order chi connectivity index (χ1) is 9.51. The van der Waals surface area contributed by atoms with E-state index in [1.54, 1.807) is 42.5 Å². The Hall–Kier alpha value is -2.83. The molecule has 0 spiro atoms. The van der Waals surface area contributed by atoms with Crippen molar-refractivity contribution in [2.45, 2.75) is 12.5 Å². The summed E-state index contributed by atoms with van der Waals surface area (Å²) in [5.41, 5.74) is 10.9. The number of rotatable bonds is 5. The van der Waals surface area contributed by atoms with Crippen LogP contribution in [0.5, 0.6) is 0 Å². The van der Waals surface area contributed by atoms with Crippen LogP contribution in [0, 0.1) is 28.6 Å². The predicted octanol–water partition coefficient (Wildman–Crippen LogP) is 0.472. The monoisotopic (exact) mass is 270 g/mol. The molecule has 0 heterocycles. The Morgan fingerprint density at radius 2 is 1.75 bits per heavy atom. The molecule has 6 heteroatoms. The predicted molar refractivity (Wildman–Crippen MR) is 71.1 cm³/mol. The van der Waals surface area contributed by atoms with Gasteiger partial charge in [-0.3, -0.25) is 4.79 Å². The molecule has 0 bridgehead atoms. The van der Waals surface area contributed by atoms with Crippen molar-refractivity contribution < 1.29 is 9.90 Å². The third kappa shape index (κ3) is 3.58. The van der Waals surface area contributed by atoms with Gasteiger partial charge in [0.05, 0.1) is 12.0 Å². The molecular formula is C14H14N4O2. The van der Waals surface area contributed by atoms with Crippen molar-refractivity contribution in [1.82, 2.24) is 0 Å². The number of nitrogens with zero attached hydrogens (tertiary/aromatic N) is 2. The largest absolute Gasteiger partial charge is 0.400 e. The van der Waals surface area contributed by atoms with Gasteiger partial charge in [-0.05, 0) is 12.0 Å². The Labute approximate surface area is 116 Å². The molecule has 1 amide bonds. The first-order valence-electron chi connectivity index (χ1n) is 5.83. The highest BCUT2D eigenvalue weighted by atomic mass is 16.3. The minimum atomic E-state index is -1.07. The summed E-state index contributed by atoms with van der Waals surface area (Å²) in [7, 11) is 0. The number of primary amides is 1. The maximum absolute atomic E-state index is 11.4. The number of aliphatic hydroxyl groups excluding tert-OH is 1. The van der Waals surface area contributed by atoms with Crippen LogP contribution in [0.1, 0.15) is 18.1 Å². The van der Waals surface area contributed by atoms with E-state index in [1.807, 2.05) is 0 Å². The van der Waals surface area contributed by atoms with Gasteiger partial charge in [-0.2, -0.15) is 10.5 Å². The molecule has 0 aliphatic rings. The van der Waals surface area contributed by atoms with Crippen LogP contribution in [0.25, 0.3) is 0 Å². The molecule has 0 aliphatic heterocycles. The molecule has 1 rings (SSSR count). The summed E-state index contributed by atoms with van der Waals surface area (Å²) in [5, 5.41) is 27.6. The second-order valence-electron chi connectivity index (χ2n) is 4.17. The van der Waals surface area contributed by atoms with E-state index in [4.69, 9.17) is 22.0 Å². The van der Waals surface area contributed by atoms with Crippen LogP contribution >= 0.6 is 0 Å². The second-order valence-corrected chi connectivity index (χ2v) is 4.17. The smallest absolute Gasteiger partial charge is 0.226 e. The first kappa shape index (κ1) is 15.2. The number of amides is 1. The number of carbonyl (C=O) groups is 1. The summed E-state index contributed by atoms with van der Waals surface area (Å²) < 4.78 is 0. The van der Waals surface area contributed by atoms with Crippen molar-refractivity contribution in [3.8, 4) is 12.1 Å². The van der Waals surface area contributed by atoms with Crippen molar-refractivity contribution in [1.29, 1.82) is 10.5 Å². The average Bonchev–Trinajstić information content (AvgIpc) is 2.46. The SMILES string of the molecule is N#CC(C#N)=C(N)C(CC(O)c1ccccc1)C(N)=O. The summed E-state index contributed by atoms with van der Waals surface area (Å²) in [6.07, 6.45) is -1.05. The van der Waals surface area contributed by atoms with E-state index in [0.717, 1.165) is 0 Å². The molecule has 0 fully saturated rings. The van der Waals surface area contributed by atoms with Crippen LogP contribution < -0.4 is 11.5 Å². The standard InChI is InChI=1S/C14H14N4O2/c15-7-10(8-16)13(17)11(14(18)20)6-12(19)9-4-2-1-3-5-9/h1-5,11-12,19H,6,17H2,(H2,18,20). The van der Waals surface area contributed by atoms with Gasteiger partial charge in [-0.25, -0.2) is 0 Å². The zero-order chi connectivity index (χ0) is 15.1. The van der Waals surface area contributed by atoms with E-state index in [0.29, 0.717) is 5.56 Å². The van der Waals surface area contributed by atoms with Crippen molar-refractivity contribution >= 4 is 5.91 Å². The van der Waals surface area contributed by atoms with E-state index < -0.39 is 17.9 Å². The number of hydrogen-bond donors (Lipinski definition) is 3. The third-order valence-electron chi connectivity index (χ3n) is 2.87. The first-order valence-corrected chi connectivity index (χ1v) is 5.83. The number of allylic oxidation sites excluding steroid dienone is 1. The zero-order valence-electron chi connectivity index (χ0n) is 10.7. The van der Waals surface area contributed by atoms with E-state index in [1.165, 1.54) is 0 Å². The average molecular weight is 270 g/mol. The molecule has 0 saturated carbocycles. The normalized spacial score (nSPS) is 12.6. The molecule has 2 unspecified atom stereocenters. The maximum atomic E-state index is 11.4. The zero-order valence-corrected chi connectivity index (χ0v) is 10.7. The van der Waals surface area contributed by atoms with Gasteiger partial charge in [-0.15, -0.1) is 0 Å². The highest BCUT2D eigenvalue weighted by molar-refractivity contribution is 5.80. The topological polar surface area (TPSA) is 137 Å². The van der Waals surface area contributed by atoms with Gasteiger partial charge in [0.2, 0.25) is 5.91 Å². The van der Waals surface area contributed by atoms with Crippen molar-refractivity contribution in [2.75, 3.05) is 0 Å². The Morgan fingerprint density at radius 1 is 1.20 bits per heavy atom. The number of nitriles is 2. The summed E-state index contributed by atoms with van der Waals surface area (Å²) in [4.78, 5) is 11.4. The fraction of sp³-hybridized carbons (Fsp3) is 0.214. The molecule has 0 saturated heterocycles. The highest BCUT2D eigenvalue weighted by Crippen LogP contribution is 2.25. The molecule has 2 atom stereocenters. The molecule has 102 valence electrons. The summed E-state index contributed by atoms with van der Waals surface area (Å²) in [6, 6.07) is 11.9. The molecule has 0 radical (unpaired) electrons. The van der Waals surface area contributed by atoms with Gasteiger partial charge in [0.1, 0.15) is 17.7 Å². The Balaban J connectivity index is 3.02. The third-order valence-corrected chi connectivity index (χ3v) is 2.87. The van der Waals surface area contributed by atoms with Crippen LogP contribution in [0.4, 0.5) is 0 Å². The fourth-order valence-corrected chi connectivity index (χ4v) is 1.76. The van der Waals surface area contributed by atoms with Gasteiger partial charge in [0.25, 0.3) is 0 Å². The quantitative estimate of drug-likeness (QED) is 0.668. The molecule has 1 aromatic carbocycles. The number of carbonyl (C=O) groups excluding carboxylic acids is 1. The van der Waals surface area contributed by atoms with Crippen LogP contribution in [0.15, 0.2) is 41.6 Å². The molecule has 0 aliphatic carbocycles. The molecule has 6 nitrogen and oxygen atoms in total. The van der Waals surface area contributed by atoms with Gasteiger partial charge >= 0.3 is 0 Å². The molecule has 0 aromatic heterocycles. The Kier molecular flexibility index (Phi) is 5.28. The van der Waals surface area contributed by atoms with Crippen molar-refractivity contribution in [3.05, 3.63) is 47.2 Å². The highest BCUT2D eigenvalue weighted by Gasteiger charge is 2.25. The van der Waals surface area contributed by atoms with Gasteiger partial charge in [0, 0.05) is 5.70 Å². The van der Waals surface area contributed by atoms with Gasteiger partial charge in [-0.1, -0.05) is 30.3 Å². The lowest BCUT2D eigenvalue weighted by molar-refractivity contribution is -0.121. The maximum Gasteiger partial charge on any atom is 0.226 e. The Bertz CT molecular complexity index is 580. The van der Waals surface area contributed by atoms with Gasteiger partial charge < -0.3 is 16.6 Å². The van der Waals surface area contributed by atoms with Crippen molar-refractivity contribution in [2.24, 2.45) is 17.4 Å². The number of nitrogens with two attached hydrogens (primary N) is 2. The number of hydrogen-bond acceptors (Lipinski definition) is 5. The Morgan fingerprint density at radius 3 is 2.20 bits per heavy atom.